The maximum atomic E-state index is 5.93. The van der Waals surface area contributed by atoms with Crippen LogP contribution in [0.25, 0.3) is 0 Å². The molecule has 1 aromatic heterocycles. The molecule has 14 heavy (non-hydrogen) atoms. The zero-order chi connectivity index (χ0) is 10.4. The Labute approximate surface area is 92.8 Å². The van der Waals surface area contributed by atoms with E-state index < -0.39 is 0 Å². The van der Waals surface area contributed by atoms with Crippen LogP contribution < -0.4 is 0 Å². The Bertz CT molecular complexity index is 281. The summed E-state index contributed by atoms with van der Waals surface area (Å²) in [5.41, 5.74) is 0. The fraction of sp³-hybridized carbons (Fsp3) is 0.444. The van der Waals surface area contributed by atoms with Gasteiger partial charge in [0.1, 0.15) is 5.03 Å². The average Bonchev–Trinajstić information content (AvgIpc) is 2.22. The monoisotopic (exact) mass is 233 g/mol. The SMILES string of the molecule is COC(CSc1ncccc1Cl)OC. The number of pyridine rings is 1. The summed E-state index contributed by atoms with van der Waals surface area (Å²) >= 11 is 7.44. The van der Waals surface area contributed by atoms with E-state index in [2.05, 4.69) is 4.98 Å². The number of halogens is 1. The molecule has 1 heterocycles. The molecule has 1 rings (SSSR count). The second-order valence-electron chi connectivity index (χ2n) is 2.50. The van der Waals surface area contributed by atoms with E-state index in [1.54, 1.807) is 26.5 Å². The maximum Gasteiger partial charge on any atom is 0.166 e. The van der Waals surface area contributed by atoms with Crippen LogP contribution in [0, 0.1) is 0 Å². The third-order valence-corrected chi connectivity index (χ3v) is 3.06. The molecule has 0 saturated heterocycles. The van der Waals surface area contributed by atoms with E-state index in [-0.39, 0.29) is 6.29 Å². The van der Waals surface area contributed by atoms with Gasteiger partial charge < -0.3 is 9.47 Å². The molecule has 3 nitrogen and oxygen atoms in total. The molecular weight excluding hydrogens is 222 g/mol. The molecule has 0 aromatic carbocycles. The number of ether oxygens (including phenoxy) is 2. The molecule has 0 bridgehead atoms. The maximum absolute atomic E-state index is 5.93. The molecular formula is C9H12ClNO2S. The minimum atomic E-state index is -0.224. The Kier molecular flexibility index (Phi) is 5.25. The van der Waals surface area contributed by atoms with Crippen molar-refractivity contribution in [2.24, 2.45) is 0 Å². The molecule has 0 N–H and O–H groups in total. The Hall–Kier alpha value is -0.290. The van der Waals surface area contributed by atoms with Gasteiger partial charge >= 0.3 is 0 Å². The largest absolute Gasteiger partial charge is 0.355 e. The lowest BCUT2D eigenvalue weighted by Crippen LogP contribution is -2.15. The van der Waals surface area contributed by atoms with Crippen LogP contribution in [0.2, 0.25) is 5.02 Å². The first-order valence-electron chi connectivity index (χ1n) is 4.07. The van der Waals surface area contributed by atoms with Gasteiger partial charge in [-0.25, -0.2) is 4.98 Å². The molecule has 0 atom stereocenters. The zero-order valence-electron chi connectivity index (χ0n) is 8.07. The number of methoxy groups -OCH3 is 2. The lowest BCUT2D eigenvalue weighted by atomic mass is 10.5. The van der Waals surface area contributed by atoms with E-state index in [1.165, 1.54) is 11.8 Å². The molecule has 0 radical (unpaired) electrons. The van der Waals surface area contributed by atoms with Crippen molar-refractivity contribution in [3.63, 3.8) is 0 Å². The van der Waals surface area contributed by atoms with E-state index in [1.807, 2.05) is 6.07 Å². The van der Waals surface area contributed by atoms with Crippen LogP contribution >= 0.6 is 23.4 Å². The summed E-state index contributed by atoms with van der Waals surface area (Å²) < 4.78 is 10.1. The highest BCUT2D eigenvalue weighted by Gasteiger charge is 2.08. The predicted molar refractivity (Wildman–Crippen MR) is 57.8 cm³/mol. The second-order valence-corrected chi connectivity index (χ2v) is 3.92. The van der Waals surface area contributed by atoms with Crippen LogP contribution in [0.3, 0.4) is 0 Å². The van der Waals surface area contributed by atoms with Crippen molar-refractivity contribution in [2.75, 3.05) is 20.0 Å². The molecule has 5 heteroatoms. The molecule has 0 amide bonds. The zero-order valence-corrected chi connectivity index (χ0v) is 9.64. The van der Waals surface area contributed by atoms with E-state index in [4.69, 9.17) is 21.1 Å². The van der Waals surface area contributed by atoms with Crippen molar-refractivity contribution in [3.8, 4) is 0 Å². The lowest BCUT2D eigenvalue weighted by Gasteiger charge is -2.12. The van der Waals surface area contributed by atoms with Crippen LogP contribution in [0.4, 0.5) is 0 Å². The molecule has 0 aliphatic rings. The molecule has 0 fully saturated rings. The molecule has 0 unspecified atom stereocenters. The highest BCUT2D eigenvalue weighted by molar-refractivity contribution is 7.99. The Morgan fingerprint density at radius 3 is 2.79 bits per heavy atom. The van der Waals surface area contributed by atoms with Crippen molar-refractivity contribution in [3.05, 3.63) is 23.4 Å². The minimum Gasteiger partial charge on any atom is -0.355 e. The Balaban J connectivity index is 2.49. The van der Waals surface area contributed by atoms with Crippen molar-refractivity contribution in [2.45, 2.75) is 11.3 Å². The van der Waals surface area contributed by atoms with Crippen LogP contribution in [0.5, 0.6) is 0 Å². The van der Waals surface area contributed by atoms with Gasteiger partial charge in [-0.3, -0.25) is 0 Å². The standard InChI is InChI=1S/C9H12ClNO2S/c1-12-8(13-2)6-14-9-7(10)4-3-5-11-9/h3-5,8H,6H2,1-2H3. The number of nitrogens with zero attached hydrogens (tertiary/aromatic N) is 1. The fourth-order valence-corrected chi connectivity index (χ4v) is 2.05. The molecule has 1 aromatic rings. The van der Waals surface area contributed by atoms with Gasteiger partial charge in [-0.05, 0) is 12.1 Å². The van der Waals surface area contributed by atoms with Crippen LogP contribution in [-0.4, -0.2) is 31.2 Å². The molecule has 0 saturated carbocycles. The van der Waals surface area contributed by atoms with Crippen molar-refractivity contribution in [1.29, 1.82) is 0 Å². The Morgan fingerprint density at radius 1 is 1.50 bits per heavy atom. The summed E-state index contributed by atoms with van der Waals surface area (Å²) in [4.78, 5) is 4.14. The topological polar surface area (TPSA) is 31.4 Å². The number of aromatic nitrogens is 1. The number of hydrogen-bond acceptors (Lipinski definition) is 4. The highest BCUT2D eigenvalue weighted by atomic mass is 35.5. The molecule has 78 valence electrons. The summed E-state index contributed by atoms with van der Waals surface area (Å²) in [6, 6.07) is 3.61. The van der Waals surface area contributed by atoms with E-state index >= 15 is 0 Å². The van der Waals surface area contributed by atoms with Gasteiger partial charge in [0.25, 0.3) is 0 Å². The van der Waals surface area contributed by atoms with Crippen molar-refractivity contribution < 1.29 is 9.47 Å². The first-order chi connectivity index (χ1) is 6.77. The summed E-state index contributed by atoms with van der Waals surface area (Å²) in [5, 5.41) is 1.46. The first kappa shape index (κ1) is 11.8. The fourth-order valence-electron chi connectivity index (χ4n) is 0.857. The third kappa shape index (κ3) is 3.46. The van der Waals surface area contributed by atoms with Gasteiger partial charge in [-0.1, -0.05) is 23.4 Å². The predicted octanol–water partition coefficient (Wildman–Crippen LogP) is 2.45. The van der Waals surface area contributed by atoms with E-state index in [0.29, 0.717) is 10.8 Å². The summed E-state index contributed by atoms with van der Waals surface area (Å²) in [7, 11) is 3.21. The summed E-state index contributed by atoms with van der Waals surface area (Å²) in [5.74, 6) is 0.670. The lowest BCUT2D eigenvalue weighted by molar-refractivity contribution is -0.0842. The second kappa shape index (κ2) is 6.24. The quantitative estimate of drug-likeness (QED) is 0.578. The summed E-state index contributed by atoms with van der Waals surface area (Å²) in [6.07, 6.45) is 1.49. The van der Waals surface area contributed by atoms with Gasteiger partial charge in [0.05, 0.1) is 10.8 Å². The molecule has 0 aliphatic heterocycles. The number of thioether (sulfide) groups is 1. The van der Waals surface area contributed by atoms with E-state index in [0.717, 1.165) is 5.03 Å². The van der Waals surface area contributed by atoms with Crippen molar-refractivity contribution >= 4 is 23.4 Å². The average molecular weight is 234 g/mol. The van der Waals surface area contributed by atoms with Crippen molar-refractivity contribution in [1.82, 2.24) is 4.98 Å². The van der Waals surface area contributed by atoms with Crippen LogP contribution in [0.1, 0.15) is 0 Å². The number of rotatable bonds is 5. The summed E-state index contributed by atoms with van der Waals surface area (Å²) in [6.45, 7) is 0. The normalized spacial score (nSPS) is 10.9. The van der Waals surface area contributed by atoms with Gasteiger partial charge in [-0.2, -0.15) is 0 Å². The first-order valence-corrected chi connectivity index (χ1v) is 5.43. The molecule has 0 aliphatic carbocycles. The molecule has 0 spiro atoms. The highest BCUT2D eigenvalue weighted by Crippen LogP contribution is 2.24. The van der Waals surface area contributed by atoms with Crippen LogP contribution in [-0.2, 0) is 9.47 Å². The van der Waals surface area contributed by atoms with Gasteiger partial charge in [0.15, 0.2) is 6.29 Å². The third-order valence-electron chi connectivity index (χ3n) is 1.61. The van der Waals surface area contributed by atoms with Gasteiger partial charge in [0.2, 0.25) is 0 Å². The van der Waals surface area contributed by atoms with Gasteiger partial charge in [0, 0.05) is 20.4 Å². The van der Waals surface area contributed by atoms with Gasteiger partial charge in [-0.15, -0.1) is 0 Å². The Morgan fingerprint density at radius 2 is 2.21 bits per heavy atom. The van der Waals surface area contributed by atoms with Crippen LogP contribution in [0.15, 0.2) is 23.4 Å². The smallest absolute Gasteiger partial charge is 0.166 e. The number of hydrogen-bond donors (Lipinski definition) is 0. The minimum absolute atomic E-state index is 0.224. The van der Waals surface area contributed by atoms with E-state index in [9.17, 15) is 0 Å².